The molecule has 0 saturated heterocycles. The number of aliphatic carboxylic acids is 1. The van der Waals surface area contributed by atoms with Crippen LogP contribution in [-0.2, 0) is 11.3 Å². The number of H-pyrrole nitrogens is 1. The van der Waals surface area contributed by atoms with Crippen molar-refractivity contribution in [3.05, 3.63) is 53.6 Å². The van der Waals surface area contributed by atoms with E-state index >= 15 is 0 Å². The van der Waals surface area contributed by atoms with E-state index in [4.69, 9.17) is 0 Å². The lowest BCUT2D eigenvalue weighted by molar-refractivity contribution is -0.143. The number of carboxylic acids is 1. The van der Waals surface area contributed by atoms with Crippen LogP contribution in [0.25, 0.3) is 27.7 Å². The number of rotatable bonds is 3. The van der Waals surface area contributed by atoms with Crippen molar-refractivity contribution in [1.82, 2.24) is 14.9 Å². The average Bonchev–Trinajstić information content (AvgIpc) is 3.16. The number of nitrogens with zero attached hydrogens (tertiary/aromatic N) is 3. The lowest BCUT2D eigenvalue weighted by atomic mass is 9.84. The lowest BCUT2D eigenvalue weighted by Crippen LogP contribution is -2.41. The number of pyridine rings is 1. The van der Waals surface area contributed by atoms with Gasteiger partial charge in [0, 0.05) is 66.8 Å². The minimum Gasteiger partial charge on any atom is -0.481 e. The fourth-order valence-corrected chi connectivity index (χ4v) is 6.15. The van der Waals surface area contributed by atoms with Crippen molar-refractivity contribution in [2.24, 2.45) is 5.92 Å². The van der Waals surface area contributed by atoms with Gasteiger partial charge in [-0.25, -0.2) is 9.37 Å². The molecule has 176 valence electrons. The van der Waals surface area contributed by atoms with Crippen LogP contribution in [0.15, 0.2) is 36.5 Å². The molecule has 2 aromatic heterocycles. The highest BCUT2D eigenvalue weighted by molar-refractivity contribution is 6.02. The van der Waals surface area contributed by atoms with Crippen LogP contribution >= 0.6 is 0 Å². The van der Waals surface area contributed by atoms with Crippen LogP contribution in [0.5, 0.6) is 0 Å². The van der Waals surface area contributed by atoms with E-state index in [-0.39, 0.29) is 11.7 Å². The van der Waals surface area contributed by atoms with Gasteiger partial charge in [-0.2, -0.15) is 0 Å². The van der Waals surface area contributed by atoms with Gasteiger partial charge >= 0.3 is 5.97 Å². The minimum absolute atomic E-state index is 0.174. The fourth-order valence-electron chi connectivity index (χ4n) is 6.15. The number of nitrogens with one attached hydrogen (secondary N) is 1. The summed E-state index contributed by atoms with van der Waals surface area (Å²) < 4.78 is 14.2. The summed E-state index contributed by atoms with van der Waals surface area (Å²) in [4.78, 5) is 24.2. The predicted octanol–water partition coefficient (Wildman–Crippen LogP) is 5.05. The van der Waals surface area contributed by atoms with Crippen LogP contribution in [0.2, 0.25) is 0 Å². The van der Waals surface area contributed by atoms with Gasteiger partial charge in [0.05, 0.1) is 5.92 Å². The molecule has 0 unspecified atom stereocenters. The summed E-state index contributed by atoms with van der Waals surface area (Å²) >= 11 is 0. The number of hydrogen-bond donors (Lipinski definition) is 2. The van der Waals surface area contributed by atoms with Gasteiger partial charge in [0.1, 0.15) is 11.5 Å². The van der Waals surface area contributed by atoms with E-state index in [0.29, 0.717) is 6.04 Å². The van der Waals surface area contributed by atoms with Crippen molar-refractivity contribution in [3.8, 4) is 11.1 Å². The summed E-state index contributed by atoms with van der Waals surface area (Å²) in [6.07, 6.45) is 8.55. The second-order valence-electron chi connectivity index (χ2n) is 9.90. The molecule has 1 saturated carbocycles. The Bertz CT molecular complexity index is 1310. The Hall–Kier alpha value is -3.19. The highest BCUT2D eigenvalue weighted by atomic mass is 19.1. The molecular weight excluding hydrogens is 431 g/mol. The SMILES string of the molecule is CN1Cc2c(C3=CCN(C4CCC(C(=O)O)CC4)CC3)[nH]c3nccc(c23)-c2cc(F)ccc21. The van der Waals surface area contributed by atoms with E-state index in [1.165, 1.54) is 17.2 Å². The van der Waals surface area contributed by atoms with Crippen LogP contribution in [0.4, 0.5) is 10.1 Å². The minimum atomic E-state index is -0.647. The second-order valence-corrected chi connectivity index (χ2v) is 9.90. The summed E-state index contributed by atoms with van der Waals surface area (Å²) in [6.45, 7) is 2.59. The first-order valence-electron chi connectivity index (χ1n) is 12.2. The molecule has 0 radical (unpaired) electrons. The van der Waals surface area contributed by atoms with Gasteiger partial charge in [-0.1, -0.05) is 6.08 Å². The molecule has 1 fully saturated rings. The number of halogens is 1. The van der Waals surface area contributed by atoms with E-state index in [2.05, 4.69) is 32.9 Å². The van der Waals surface area contributed by atoms with Gasteiger partial charge in [-0.15, -0.1) is 0 Å². The standard InChI is InChI=1S/C27H29FN4O2/c1-31-15-22-24-20(21-14-18(28)4-7-23(21)31)8-11-29-26(24)30-25(22)16-9-12-32(13-10-16)19-5-2-17(3-6-19)27(33)34/h4,7-9,11,14,17,19H,2-3,5-6,10,12-13,15H2,1H3,(H,29,30)(H,33,34). The average molecular weight is 461 g/mol. The summed E-state index contributed by atoms with van der Waals surface area (Å²) in [5, 5.41) is 10.4. The largest absolute Gasteiger partial charge is 0.481 e. The molecule has 4 heterocycles. The molecule has 0 spiro atoms. The molecule has 3 aliphatic rings. The Kier molecular flexibility index (Phi) is 5.17. The molecular formula is C27H29FN4O2. The van der Waals surface area contributed by atoms with Crippen molar-refractivity contribution < 1.29 is 14.3 Å². The summed E-state index contributed by atoms with van der Waals surface area (Å²) in [5.74, 6) is -1.05. The predicted molar refractivity (Wildman–Crippen MR) is 131 cm³/mol. The molecule has 34 heavy (non-hydrogen) atoms. The van der Waals surface area contributed by atoms with Crippen LogP contribution in [0.3, 0.4) is 0 Å². The molecule has 3 aromatic rings. The van der Waals surface area contributed by atoms with Crippen molar-refractivity contribution >= 4 is 28.3 Å². The number of benzene rings is 1. The van der Waals surface area contributed by atoms with Gasteiger partial charge < -0.3 is 15.0 Å². The van der Waals surface area contributed by atoms with E-state index in [0.717, 1.165) is 85.3 Å². The summed E-state index contributed by atoms with van der Waals surface area (Å²) in [6, 6.07) is 7.48. The van der Waals surface area contributed by atoms with Gasteiger partial charge in [0.2, 0.25) is 0 Å². The topological polar surface area (TPSA) is 72.5 Å². The number of aromatic amines is 1. The Morgan fingerprint density at radius 1 is 1.18 bits per heavy atom. The van der Waals surface area contributed by atoms with Crippen molar-refractivity contribution in [3.63, 3.8) is 0 Å². The second kappa shape index (κ2) is 8.24. The molecule has 0 amide bonds. The van der Waals surface area contributed by atoms with Gasteiger partial charge in [-0.3, -0.25) is 9.69 Å². The van der Waals surface area contributed by atoms with E-state index in [1.807, 2.05) is 12.1 Å². The first kappa shape index (κ1) is 21.4. The van der Waals surface area contributed by atoms with E-state index < -0.39 is 5.97 Å². The van der Waals surface area contributed by atoms with Crippen molar-refractivity contribution in [1.29, 1.82) is 0 Å². The third kappa shape index (κ3) is 3.50. The van der Waals surface area contributed by atoms with Crippen LogP contribution in [0.1, 0.15) is 43.4 Å². The number of hydrogen-bond acceptors (Lipinski definition) is 4. The van der Waals surface area contributed by atoms with E-state index in [9.17, 15) is 14.3 Å². The van der Waals surface area contributed by atoms with Crippen LogP contribution in [-0.4, -0.2) is 52.1 Å². The Labute approximate surface area is 198 Å². The quantitative estimate of drug-likeness (QED) is 0.572. The number of fused-ring (bicyclic) bond motifs is 2. The number of anilines is 1. The highest BCUT2D eigenvalue weighted by Gasteiger charge is 2.31. The van der Waals surface area contributed by atoms with Crippen LogP contribution < -0.4 is 4.90 Å². The summed E-state index contributed by atoms with van der Waals surface area (Å²) in [5.41, 5.74) is 7.47. The van der Waals surface area contributed by atoms with Crippen LogP contribution in [0, 0.1) is 11.7 Å². The molecule has 1 aromatic carbocycles. The van der Waals surface area contributed by atoms with Gasteiger partial charge in [0.15, 0.2) is 0 Å². The maximum atomic E-state index is 14.2. The monoisotopic (exact) mass is 460 g/mol. The number of carboxylic acid groups (broad SMARTS) is 1. The maximum absolute atomic E-state index is 14.2. The normalized spacial score (nSPS) is 22.9. The third-order valence-corrected chi connectivity index (χ3v) is 7.98. The summed E-state index contributed by atoms with van der Waals surface area (Å²) in [7, 11) is 2.06. The molecule has 6 rings (SSSR count). The van der Waals surface area contributed by atoms with Gasteiger partial charge in [-0.05, 0) is 67.5 Å². The molecule has 7 heteroatoms. The zero-order valence-electron chi connectivity index (χ0n) is 19.4. The lowest BCUT2D eigenvalue weighted by Gasteiger charge is -2.37. The maximum Gasteiger partial charge on any atom is 0.306 e. The van der Waals surface area contributed by atoms with E-state index in [1.54, 1.807) is 12.3 Å². The zero-order chi connectivity index (χ0) is 23.4. The molecule has 2 N–H and O–H groups in total. The smallest absolute Gasteiger partial charge is 0.306 e. The first-order chi connectivity index (χ1) is 16.5. The molecule has 0 atom stereocenters. The molecule has 6 nitrogen and oxygen atoms in total. The Morgan fingerprint density at radius 3 is 2.74 bits per heavy atom. The molecule has 1 aliphatic carbocycles. The van der Waals surface area contributed by atoms with Crippen molar-refractivity contribution in [2.45, 2.75) is 44.7 Å². The molecule has 2 aliphatic heterocycles. The molecule has 0 bridgehead atoms. The van der Waals surface area contributed by atoms with Gasteiger partial charge in [0.25, 0.3) is 0 Å². The highest BCUT2D eigenvalue weighted by Crippen LogP contribution is 2.43. The fraction of sp³-hybridized carbons (Fsp3) is 0.407. The van der Waals surface area contributed by atoms with Crippen molar-refractivity contribution in [2.75, 3.05) is 25.0 Å². The first-order valence-corrected chi connectivity index (χ1v) is 12.2. The Morgan fingerprint density at radius 2 is 2.00 bits per heavy atom. The third-order valence-electron chi connectivity index (χ3n) is 7.98. The number of aromatic nitrogens is 2. The number of carbonyl (C=O) groups is 1. The Balaban J connectivity index is 1.31. The zero-order valence-corrected chi connectivity index (χ0v) is 19.4.